The zero-order valence-electron chi connectivity index (χ0n) is 11.6. The minimum Gasteiger partial charge on any atom is -0.383 e. The summed E-state index contributed by atoms with van der Waals surface area (Å²) in [6.45, 7) is 4.22. The molecule has 19 heavy (non-hydrogen) atoms. The highest BCUT2D eigenvalue weighted by molar-refractivity contribution is 5.17. The van der Waals surface area contributed by atoms with Crippen LogP contribution in [-0.2, 0) is 11.3 Å². The summed E-state index contributed by atoms with van der Waals surface area (Å²) in [5, 5.41) is 3.49. The molecular weight excluding hydrogens is 243 g/mol. The van der Waals surface area contributed by atoms with Crippen molar-refractivity contribution in [2.24, 2.45) is 0 Å². The highest BCUT2D eigenvalue weighted by Crippen LogP contribution is 2.12. The molecular formula is C15H23FN2O. The molecule has 1 heterocycles. The Balaban J connectivity index is 1.94. The summed E-state index contributed by atoms with van der Waals surface area (Å²) in [5.74, 6) is -0.121. The lowest BCUT2D eigenvalue weighted by atomic mass is 10.1. The average molecular weight is 266 g/mol. The molecule has 0 saturated carbocycles. The van der Waals surface area contributed by atoms with Crippen molar-refractivity contribution in [1.29, 1.82) is 0 Å². The molecule has 0 bridgehead atoms. The van der Waals surface area contributed by atoms with Gasteiger partial charge in [-0.1, -0.05) is 18.2 Å². The Morgan fingerprint density at radius 2 is 2.26 bits per heavy atom. The van der Waals surface area contributed by atoms with Crippen molar-refractivity contribution in [2.45, 2.75) is 25.4 Å². The summed E-state index contributed by atoms with van der Waals surface area (Å²) in [5.41, 5.74) is 0.761. The van der Waals surface area contributed by atoms with Crippen LogP contribution < -0.4 is 5.32 Å². The molecule has 0 spiro atoms. The molecule has 0 aliphatic carbocycles. The molecule has 0 amide bonds. The van der Waals surface area contributed by atoms with E-state index in [0.29, 0.717) is 19.2 Å². The van der Waals surface area contributed by atoms with Gasteiger partial charge in [-0.15, -0.1) is 0 Å². The van der Waals surface area contributed by atoms with E-state index in [9.17, 15) is 4.39 Å². The normalized spacial score (nSPS) is 19.2. The Morgan fingerprint density at radius 3 is 2.95 bits per heavy atom. The first-order chi connectivity index (χ1) is 9.29. The minimum atomic E-state index is -0.121. The van der Waals surface area contributed by atoms with E-state index in [2.05, 4.69) is 10.2 Å². The smallest absolute Gasteiger partial charge is 0.127 e. The zero-order valence-corrected chi connectivity index (χ0v) is 11.6. The molecule has 1 unspecified atom stereocenters. The highest BCUT2D eigenvalue weighted by atomic mass is 19.1. The summed E-state index contributed by atoms with van der Waals surface area (Å²) in [7, 11) is 1.70. The molecule has 1 aliphatic heterocycles. The van der Waals surface area contributed by atoms with Gasteiger partial charge in [-0.3, -0.25) is 4.90 Å². The van der Waals surface area contributed by atoms with E-state index < -0.39 is 0 Å². The Morgan fingerprint density at radius 1 is 1.42 bits per heavy atom. The van der Waals surface area contributed by atoms with Crippen LogP contribution in [0.5, 0.6) is 0 Å². The molecule has 0 aromatic heterocycles. The fourth-order valence-electron chi connectivity index (χ4n) is 2.55. The summed E-state index contributed by atoms with van der Waals surface area (Å²) in [4.78, 5) is 2.27. The first kappa shape index (κ1) is 14.4. The maximum absolute atomic E-state index is 13.7. The second-order valence-corrected chi connectivity index (χ2v) is 5.11. The lowest BCUT2D eigenvalue weighted by Gasteiger charge is -2.25. The largest absolute Gasteiger partial charge is 0.383 e. The van der Waals surface area contributed by atoms with E-state index in [1.54, 1.807) is 13.2 Å². The number of halogens is 1. The standard InChI is InChI=1S/C15H23FN2O/c1-19-10-9-18(12-14-6-4-8-17-14)11-13-5-2-3-7-15(13)16/h2-3,5,7,14,17H,4,6,8-12H2,1H3. The lowest BCUT2D eigenvalue weighted by Crippen LogP contribution is -2.38. The van der Waals surface area contributed by atoms with Gasteiger partial charge in [0.05, 0.1) is 6.61 Å². The molecule has 3 nitrogen and oxygen atoms in total. The van der Waals surface area contributed by atoms with Crippen LogP contribution >= 0.6 is 0 Å². The molecule has 106 valence electrons. The summed E-state index contributed by atoms with van der Waals surface area (Å²) in [6, 6.07) is 7.54. The van der Waals surface area contributed by atoms with Gasteiger partial charge in [0.1, 0.15) is 5.82 Å². The predicted molar refractivity (Wildman–Crippen MR) is 74.6 cm³/mol. The maximum Gasteiger partial charge on any atom is 0.127 e. The van der Waals surface area contributed by atoms with Crippen molar-refractivity contribution in [1.82, 2.24) is 10.2 Å². The van der Waals surface area contributed by atoms with Crippen LogP contribution in [0.3, 0.4) is 0 Å². The van der Waals surface area contributed by atoms with Crippen LogP contribution in [-0.4, -0.2) is 44.3 Å². The van der Waals surface area contributed by atoms with Crippen molar-refractivity contribution in [2.75, 3.05) is 33.4 Å². The predicted octanol–water partition coefficient (Wildman–Crippen LogP) is 2.03. The number of hydrogen-bond acceptors (Lipinski definition) is 3. The van der Waals surface area contributed by atoms with Crippen LogP contribution in [0, 0.1) is 5.82 Å². The van der Waals surface area contributed by atoms with E-state index >= 15 is 0 Å². The SMILES string of the molecule is COCCN(Cc1ccccc1F)CC1CCCN1. The topological polar surface area (TPSA) is 24.5 Å². The van der Waals surface area contributed by atoms with Crippen molar-refractivity contribution in [3.63, 3.8) is 0 Å². The molecule has 1 atom stereocenters. The lowest BCUT2D eigenvalue weighted by molar-refractivity contribution is 0.137. The monoisotopic (exact) mass is 266 g/mol. The minimum absolute atomic E-state index is 0.121. The van der Waals surface area contributed by atoms with E-state index in [1.165, 1.54) is 18.9 Å². The molecule has 0 radical (unpaired) electrons. The molecule has 1 saturated heterocycles. The summed E-state index contributed by atoms with van der Waals surface area (Å²) >= 11 is 0. The number of methoxy groups -OCH3 is 1. The van der Waals surface area contributed by atoms with Crippen LogP contribution in [0.25, 0.3) is 0 Å². The van der Waals surface area contributed by atoms with Gasteiger partial charge >= 0.3 is 0 Å². The third-order valence-corrected chi connectivity index (χ3v) is 3.60. The zero-order chi connectivity index (χ0) is 13.5. The second-order valence-electron chi connectivity index (χ2n) is 5.11. The Kier molecular flexibility index (Phi) is 5.76. The van der Waals surface area contributed by atoms with Gasteiger partial charge in [0.15, 0.2) is 0 Å². The maximum atomic E-state index is 13.7. The summed E-state index contributed by atoms with van der Waals surface area (Å²) in [6.07, 6.45) is 2.45. The number of hydrogen-bond donors (Lipinski definition) is 1. The first-order valence-electron chi connectivity index (χ1n) is 6.97. The molecule has 1 aromatic carbocycles. The molecule has 2 rings (SSSR count). The molecule has 1 N–H and O–H groups in total. The molecule has 1 fully saturated rings. The number of nitrogens with one attached hydrogen (secondary N) is 1. The Hall–Kier alpha value is -0.970. The van der Waals surface area contributed by atoms with Crippen molar-refractivity contribution < 1.29 is 9.13 Å². The van der Waals surface area contributed by atoms with Crippen LogP contribution in [0.4, 0.5) is 4.39 Å². The van der Waals surface area contributed by atoms with Crippen LogP contribution in [0.1, 0.15) is 18.4 Å². The fraction of sp³-hybridized carbons (Fsp3) is 0.600. The van der Waals surface area contributed by atoms with Gasteiger partial charge in [-0.25, -0.2) is 4.39 Å². The Labute approximate surface area is 114 Å². The third kappa shape index (κ3) is 4.56. The second kappa shape index (κ2) is 7.58. The van der Waals surface area contributed by atoms with Gasteiger partial charge in [0.2, 0.25) is 0 Å². The highest BCUT2D eigenvalue weighted by Gasteiger charge is 2.18. The molecule has 1 aliphatic rings. The quantitative estimate of drug-likeness (QED) is 0.817. The number of nitrogens with zero attached hydrogens (tertiary/aromatic N) is 1. The average Bonchev–Trinajstić information content (AvgIpc) is 2.91. The van der Waals surface area contributed by atoms with Gasteiger partial charge in [-0.2, -0.15) is 0 Å². The number of rotatable bonds is 7. The molecule has 4 heteroatoms. The van der Waals surface area contributed by atoms with Crippen LogP contribution in [0.15, 0.2) is 24.3 Å². The van der Waals surface area contributed by atoms with Gasteiger partial charge in [0.25, 0.3) is 0 Å². The van der Waals surface area contributed by atoms with Gasteiger partial charge < -0.3 is 10.1 Å². The van der Waals surface area contributed by atoms with E-state index in [0.717, 1.165) is 25.2 Å². The Bertz CT molecular complexity index is 380. The third-order valence-electron chi connectivity index (χ3n) is 3.60. The fourth-order valence-corrected chi connectivity index (χ4v) is 2.55. The summed E-state index contributed by atoms with van der Waals surface area (Å²) < 4.78 is 18.9. The van der Waals surface area contributed by atoms with E-state index in [4.69, 9.17) is 4.74 Å². The first-order valence-corrected chi connectivity index (χ1v) is 6.97. The van der Waals surface area contributed by atoms with Crippen LogP contribution in [0.2, 0.25) is 0 Å². The van der Waals surface area contributed by atoms with Crippen molar-refractivity contribution >= 4 is 0 Å². The number of benzene rings is 1. The van der Waals surface area contributed by atoms with Crippen molar-refractivity contribution in [3.05, 3.63) is 35.6 Å². The van der Waals surface area contributed by atoms with E-state index in [1.807, 2.05) is 12.1 Å². The van der Waals surface area contributed by atoms with Gasteiger partial charge in [-0.05, 0) is 25.5 Å². The van der Waals surface area contributed by atoms with E-state index in [-0.39, 0.29) is 5.82 Å². The van der Waals surface area contributed by atoms with Gasteiger partial charge in [0, 0.05) is 38.3 Å². The van der Waals surface area contributed by atoms with Crippen molar-refractivity contribution in [3.8, 4) is 0 Å². The number of ether oxygens (including phenoxy) is 1. The molecule has 1 aromatic rings.